The summed E-state index contributed by atoms with van der Waals surface area (Å²) in [6, 6.07) is 3.43. The van der Waals surface area contributed by atoms with Gasteiger partial charge in [-0.2, -0.15) is 0 Å². The average molecular weight is 334 g/mol. The molecule has 2 aromatic rings. The molecule has 0 aliphatic heterocycles. The molecule has 7 heteroatoms. The van der Waals surface area contributed by atoms with Crippen molar-refractivity contribution in [3.05, 3.63) is 47.3 Å². The number of ether oxygens (including phenoxy) is 1. The van der Waals surface area contributed by atoms with Gasteiger partial charge in [-0.05, 0) is 32.9 Å². The molecule has 0 fully saturated rings. The quantitative estimate of drug-likeness (QED) is 0.808. The van der Waals surface area contributed by atoms with Crippen molar-refractivity contribution in [2.45, 2.75) is 26.3 Å². The maximum absolute atomic E-state index is 12.4. The van der Waals surface area contributed by atoms with E-state index in [-0.39, 0.29) is 36.5 Å². The summed E-state index contributed by atoms with van der Waals surface area (Å²) >= 11 is 0. The zero-order chi connectivity index (χ0) is 17.7. The topological polar surface area (TPSA) is 93.7 Å². The molecule has 0 bridgehead atoms. The SMILES string of the molecule is COC[C@@](C)(CNC(=O)c1occc1C)NC(=O)c1occc1C. The van der Waals surface area contributed by atoms with E-state index in [0.717, 1.165) is 11.1 Å². The van der Waals surface area contributed by atoms with Crippen LogP contribution < -0.4 is 10.6 Å². The predicted molar refractivity (Wildman–Crippen MR) is 87.0 cm³/mol. The summed E-state index contributed by atoms with van der Waals surface area (Å²) in [4.78, 5) is 24.5. The number of amides is 2. The molecule has 2 rings (SSSR count). The van der Waals surface area contributed by atoms with Gasteiger partial charge in [-0.15, -0.1) is 0 Å². The summed E-state index contributed by atoms with van der Waals surface area (Å²) in [7, 11) is 1.53. The summed E-state index contributed by atoms with van der Waals surface area (Å²) in [5.41, 5.74) is 0.681. The second-order valence-corrected chi connectivity index (χ2v) is 6.00. The van der Waals surface area contributed by atoms with Gasteiger partial charge in [-0.25, -0.2) is 0 Å². The Balaban J connectivity index is 2.04. The van der Waals surface area contributed by atoms with Crippen LogP contribution in [0.3, 0.4) is 0 Å². The lowest BCUT2D eigenvalue weighted by molar-refractivity contribution is 0.0730. The fourth-order valence-electron chi connectivity index (χ4n) is 2.35. The van der Waals surface area contributed by atoms with Crippen molar-refractivity contribution in [3.63, 3.8) is 0 Å². The molecule has 0 aromatic carbocycles. The number of rotatable bonds is 7. The lowest BCUT2D eigenvalue weighted by Gasteiger charge is -2.30. The Morgan fingerprint density at radius 1 is 1.08 bits per heavy atom. The van der Waals surface area contributed by atoms with Crippen LogP contribution in [0.15, 0.2) is 33.5 Å². The Labute approximate surface area is 140 Å². The molecular weight excluding hydrogens is 312 g/mol. The molecule has 0 spiro atoms. The molecule has 0 saturated carbocycles. The zero-order valence-electron chi connectivity index (χ0n) is 14.3. The number of hydrogen-bond donors (Lipinski definition) is 2. The van der Waals surface area contributed by atoms with Gasteiger partial charge in [0.1, 0.15) is 0 Å². The van der Waals surface area contributed by atoms with Crippen LogP contribution in [0.2, 0.25) is 0 Å². The lowest BCUT2D eigenvalue weighted by Crippen LogP contribution is -2.56. The van der Waals surface area contributed by atoms with E-state index in [9.17, 15) is 9.59 Å². The Hall–Kier alpha value is -2.54. The number of carbonyl (C=O) groups excluding carboxylic acids is 2. The highest BCUT2D eigenvalue weighted by atomic mass is 16.5. The van der Waals surface area contributed by atoms with Crippen LogP contribution in [-0.4, -0.2) is 37.6 Å². The van der Waals surface area contributed by atoms with Crippen molar-refractivity contribution in [1.82, 2.24) is 10.6 Å². The number of carbonyl (C=O) groups is 2. The third kappa shape index (κ3) is 4.05. The molecule has 2 amide bonds. The van der Waals surface area contributed by atoms with E-state index in [4.69, 9.17) is 13.6 Å². The van der Waals surface area contributed by atoms with Crippen molar-refractivity contribution in [3.8, 4) is 0 Å². The third-order valence-corrected chi connectivity index (χ3v) is 3.65. The van der Waals surface area contributed by atoms with E-state index in [1.807, 2.05) is 0 Å². The maximum atomic E-state index is 12.4. The highest BCUT2D eigenvalue weighted by Crippen LogP contribution is 2.13. The maximum Gasteiger partial charge on any atom is 0.287 e. The van der Waals surface area contributed by atoms with Crippen LogP contribution in [0.1, 0.15) is 39.2 Å². The third-order valence-electron chi connectivity index (χ3n) is 3.65. The Morgan fingerprint density at radius 2 is 1.62 bits per heavy atom. The first-order chi connectivity index (χ1) is 11.4. The van der Waals surface area contributed by atoms with Crippen molar-refractivity contribution in [1.29, 1.82) is 0 Å². The minimum atomic E-state index is -0.804. The van der Waals surface area contributed by atoms with Gasteiger partial charge in [0.05, 0.1) is 24.7 Å². The highest BCUT2D eigenvalue weighted by Gasteiger charge is 2.30. The molecule has 0 unspecified atom stereocenters. The van der Waals surface area contributed by atoms with Crippen molar-refractivity contribution in [2.24, 2.45) is 0 Å². The van der Waals surface area contributed by atoms with E-state index in [1.165, 1.54) is 19.6 Å². The summed E-state index contributed by atoms with van der Waals surface area (Å²) < 4.78 is 15.5. The van der Waals surface area contributed by atoms with Gasteiger partial charge in [0.15, 0.2) is 11.5 Å². The van der Waals surface area contributed by atoms with Gasteiger partial charge in [-0.1, -0.05) is 0 Å². The number of aryl methyl sites for hydroxylation is 2. The summed E-state index contributed by atoms with van der Waals surface area (Å²) in [5.74, 6) is -0.211. The minimum absolute atomic E-state index is 0.172. The molecule has 2 N–H and O–H groups in total. The van der Waals surface area contributed by atoms with E-state index >= 15 is 0 Å². The first-order valence-electron chi connectivity index (χ1n) is 7.54. The van der Waals surface area contributed by atoms with Gasteiger partial charge in [0, 0.05) is 24.8 Å². The normalized spacial score (nSPS) is 13.3. The van der Waals surface area contributed by atoms with E-state index in [2.05, 4.69) is 10.6 Å². The number of nitrogens with one attached hydrogen (secondary N) is 2. The molecule has 130 valence electrons. The highest BCUT2D eigenvalue weighted by molar-refractivity contribution is 5.94. The van der Waals surface area contributed by atoms with E-state index in [1.54, 1.807) is 32.9 Å². The molecule has 0 aliphatic carbocycles. The summed E-state index contributed by atoms with van der Waals surface area (Å²) in [6.07, 6.45) is 2.92. The van der Waals surface area contributed by atoms with Crippen LogP contribution in [0, 0.1) is 13.8 Å². The summed E-state index contributed by atoms with van der Waals surface area (Å²) in [5, 5.41) is 5.61. The van der Waals surface area contributed by atoms with Gasteiger partial charge < -0.3 is 24.2 Å². The number of furan rings is 2. The van der Waals surface area contributed by atoms with Crippen LogP contribution in [0.5, 0.6) is 0 Å². The van der Waals surface area contributed by atoms with E-state index in [0.29, 0.717) is 0 Å². The molecule has 0 saturated heterocycles. The van der Waals surface area contributed by atoms with E-state index < -0.39 is 5.54 Å². The Kier molecular flexibility index (Phi) is 5.46. The predicted octanol–water partition coefficient (Wildman–Crippen LogP) is 2.05. The Bertz CT molecular complexity index is 718. The Morgan fingerprint density at radius 3 is 2.08 bits per heavy atom. The smallest absolute Gasteiger partial charge is 0.287 e. The molecule has 0 radical (unpaired) electrons. The molecule has 7 nitrogen and oxygen atoms in total. The largest absolute Gasteiger partial charge is 0.459 e. The summed E-state index contributed by atoms with van der Waals surface area (Å²) in [6.45, 7) is 5.74. The van der Waals surface area contributed by atoms with Crippen molar-refractivity contribution >= 4 is 11.8 Å². The molecule has 1 atom stereocenters. The number of hydrogen-bond acceptors (Lipinski definition) is 5. The first-order valence-corrected chi connectivity index (χ1v) is 7.54. The molecular formula is C17H22N2O5. The molecule has 0 aliphatic rings. The molecule has 24 heavy (non-hydrogen) atoms. The standard InChI is InChI=1S/C17H22N2O5/c1-11-5-7-23-13(11)15(20)18-9-17(3,10-22-4)19-16(21)14-12(2)6-8-24-14/h5-8H,9-10H2,1-4H3,(H,18,20)(H,19,21)/t17-/m1/s1. The zero-order valence-corrected chi connectivity index (χ0v) is 14.3. The van der Waals surface area contributed by atoms with Gasteiger partial charge in [0.25, 0.3) is 11.8 Å². The van der Waals surface area contributed by atoms with Crippen molar-refractivity contribution in [2.75, 3.05) is 20.3 Å². The lowest BCUT2D eigenvalue weighted by atomic mass is 10.0. The van der Waals surface area contributed by atoms with Crippen LogP contribution >= 0.6 is 0 Å². The fraction of sp³-hybridized carbons (Fsp3) is 0.412. The first kappa shape index (κ1) is 17.8. The van der Waals surface area contributed by atoms with Gasteiger partial charge >= 0.3 is 0 Å². The average Bonchev–Trinajstić information content (AvgIpc) is 3.13. The second kappa shape index (κ2) is 7.35. The fourth-order valence-corrected chi connectivity index (χ4v) is 2.35. The monoisotopic (exact) mass is 334 g/mol. The van der Waals surface area contributed by atoms with Gasteiger partial charge in [-0.3, -0.25) is 9.59 Å². The minimum Gasteiger partial charge on any atom is -0.459 e. The second-order valence-electron chi connectivity index (χ2n) is 6.00. The van der Waals surface area contributed by atoms with Crippen LogP contribution in [0.4, 0.5) is 0 Å². The number of methoxy groups -OCH3 is 1. The van der Waals surface area contributed by atoms with Crippen LogP contribution in [0.25, 0.3) is 0 Å². The molecule has 2 heterocycles. The molecule has 2 aromatic heterocycles. The van der Waals surface area contributed by atoms with Crippen LogP contribution in [-0.2, 0) is 4.74 Å². The van der Waals surface area contributed by atoms with Gasteiger partial charge in [0.2, 0.25) is 0 Å². The van der Waals surface area contributed by atoms with Crippen molar-refractivity contribution < 1.29 is 23.2 Å².